The van der Waals surface area contributed by atoms with Gasteiger partial charge in [-0.1, -0.05) is 60.7 Å². The van der Waals surface area contributed by atoms with Gasteiger partial charge in [0.2, 0.25) is 5.91 Å². The van der Waals surface area contributed by atoms with Crippen LogP contribution in [0.15, 0.2) is 164 Å². The molecule has 0 aliphatic rings. The Morgan fingerprint density at radius 3 is 1.46 bits per heavy atom. The number of hydrogen-bond donors (Lipinski definition) is 3. The lowest BCUT2D eigenvalue weighted by atomic mass is 9.97. The summed E-state index contributed by atoms with van der Waals surface area (Å²) in [5.74, 6) is 1.53. The fraction of sp³-hybridized carbons (Fsp3) is 0.219. The molecule has 2 amide bonds. The summed E-state index contributed by atoms with van der Waals surface area (Å²) in [6.45, 7) is 13.8. The molecule has 10 aromatic rings. The van der Waals surface area contributed by atoms with E-state index in [2.05, 4.69) is 116 Å². The number of benzene rings is 8. The first-order valence-electron chi connectivity index (χ1n) is 28.9. The molecular weight excluding hydrogens is 1080 g/mol. The van der Waals surface area contributed by atoms with Gasteiger partial charge in [0.1, 0.15) is 17.4 Å². The van der Waals surface area contributed by atoms with Crippen LogP contribution in [-0.4, -0.2) is 101 Å². The first-order chi connectivity index (χ1) is 41.5. The third-order valence-electron chi connectivity index (χ3n) is 15.5. The van der Waals surface area contributed by atoms with Crippen molar-refractivity contribution in [3.63, 3.8) is 0 Å². The van der Waals surface area contributed by atoms with Crippen molar-refractivity contribution in [2.24, 2.45) is 0 Å². The fourth-order valence-corrected chi connectivity index (χ4v) is 11.0. The summed E-state index contributed by atoms with van der Waals surface area (Å²) >= 11 is 0. The molecule has 87 heavy (non-hydrogen) atoms. The summed E-state index contributed by atoms with van der Waals surface area (Å²) in [5.41, 5.74) is 21.6. The molecule has 2 aromatic heterocycles. The molecule has 0 radical (unpaired) electrons. The Kier molecular flexibility index (Phi) is 18.3. The fourth-order valence-electron chi connectivity index (χ4n) is 11.0. The van der Waals surface area contributed by atoms with E-state index in [4.69, 9.17) is 14.7 Å². The Morgan fingerprint density at radius 2 is 0.954 bits per heavy atom. The number of carbonyl (C=O) groups is 3. The van der Waals surface area contributed by atoms with E-state index >= 15 is 0 Å². The number of nitrogens with zero attached hydrogens (tertiary/aromatic N) is 7. The lowest BCUT2D eigenvalue weighted by Crippen LogP contribution is -2.15. The molecule has 10 rings (SSSR count). The first-order valence-corrected chi connectivity index (χ1v) is 28.9. The van der Waals surface area contributed by atoms with Gasteiger partial charge in [0.15, 0.2) is 0 Å². The molecule has 0 atom stereocenters. The molecule has 8 aromatic carbocycles. The summed E-state index contributed by atoms with van der Waals surface area (Å²) in [5, 5.41) is 6.12. The number of imidazole rings is 2. The second kappa shape index (κ2) is 26.0. The largest absolute Gasteiger partial charge is 0.496 e. The Labute approximate surface area is 512 Å². The van der Waals surface area contributed by atoms with Gasteiger partial charge in [-0.2, -0.15) is 0 Å². The predicted molar refractivity (Wildman–Crippen MR) is 361 cm³/mol. The van der Waals surface area contributed by atoms with E-state index in [-0.39, 0.29) is 17.7 Å². The van der Waals surface area contributed by atoms with Gasteiger partial charge in [-0.25, -0.2) is 9.97 Å². The van der Waals surface area contributed by atoms with Gasteiger partial charge >= 0.3 is 0 Å². The Bertz CT molecular complexity index is 4060. The lowest BCUT2D eigenvalue weighted by Gasteiger charge is -2.18. The summed E-state index contributed by atoms with van der Waals surface area (Å²) in [6, 6.07) is 53.6. The predicted octanol–water partition coefficient (Wildman–Crippen LogP) is 15.3. The van der Waals surface area contributed by atoms with Crippen LogP contribution in [0.25, 0.3) is 67.8 Å². The Morgan fingerprint density at radius 1 is 0.471 bits per heavy atom. The minimum Gasteiger partial charge on any atom is -0.496 e. The SMILES string of the molecule is COc1c(C)cc(-c2nc(-c3ccc(N(C)C)cc3NC(C)=O)c(-c3ccc(N(C)C)cc3)n2C(=O)c2ccccc2)cc1C.Cc1cc(N(C)C)ccc1-c1nc(-c2cc(C)c(NC(=O)c3ccccc3)c(C)c2)[nH]c1-c1ccc(N(C)C)cc1C. The van der Waals surface area contributed by atoms with Crippen LogP contribution in [-0.2, 0) is 4.79 Å². The number of methoxy groups -OCH3 is 1. The average molecular weight is 1160 g/mol. The van der Waals surface area contributed by atoms with Crippen LogP contribution in [0, 0.1) is 41.5 Å². The lowest BCUT2D eigenvalue weighted by molar-refractivity contribution is -0.114. The van der Waals surface area contributed by atoms with E-state index in [1.165, 1.54) is 12.5 Å². The molecule has 0 bridgehead atoms. The van der Waals surface area contributed by atoms with Crippen molar-refractivity contribution in [2.45, 2.75) is 48.5 Å². The summed E-state index contributed by atoms with van der Waals surface area (Å²) in [4.78, 5) is 62.3. The molecule has 0 saturated carbocycles. The normalized spacial score (nSPS) is 10.9. The van der Waals surface area contributed by atoms with Gasteiger partial charge in [0, 0.05) is 136 Å². The molecule has 444 valence electrons. The van der Waals surface area contributed by atoms with E-state index in [1.807, 2.05) is 181 Å². The number of ether oxygens (including phenoxy) is 1. The van der Waals surface area contributed by atoms with E-state index < -0.39 is 0 Å². The van der Waals surface area contributed by atoms with E-state index in [0.29, 0.717) is 39.6 Å². The standard InChI is InChI=1S/C37H39N5O3.C36H39N5O/c1-23-20-28(21-24(2)35(23)45-8)36-39-33(31-19-18-30(41(6)7)22-32(31)38-25(3)43)34(26-14-16-29(17-15-26)40(4)5)42(36)37(44)27-12-10-9-11-13-27;1-22-20-28(40(5)6)14-16-30(22)33-34(31-17-15-29(41(7)8)21-23(31)2)38-35(37-33)27-18-24(3)32(25(4)19-27)39-36(42)26-12-10-9-11-13-26/h9-22H,1-8H3,(H,38,43);9-21H,1-8H3,(H,37,38)(H,39,42). The number of amides is 2. The average Bonchev–Trinajstić information content (AvgIpc) is 1.67. The molecule has 14 nitrogen and oxygen atoms in total. The Hall–Kier alpha value is -10.2. The molecule has 0 aliphatic heterocycles. The zero-order chi connectivity index (χ0) is 62.5. The van der Waals surface area contributed by atoms with Crippen molar-refractivity contribution in [2.75, 3.05) is 93.7 Å². The van der Waals surface area contributed by atoms with Crippen LogP contribution in [0.3, 0.4) is 0 Å². The second-order valence-corrected chi connectivity index (χ2v) is 22.9. The number of hydrogen-bond acceptors (Lipinski definition) is 10. The van der Waals surface area contributed by atoms with Gasteiger partial charge in [0.05, 0.1) is 35.6 Å². The summed E-state index contributed by atoms with van der Waals surface area (Å²) in [7, 11) is 17.8. The summed E-state index contributed by atoms with van der Waals surface area (Å²) in [6.07, 6.45) is 0. The van der Waals surface area contributed by atoms with Crippen LogP contribution in [0.4, 0.5) is 34.1 Å². The second-order valence-electron chi connectivity index (χ2n) is 22.9. The van der Waals surface area contributed by atoms with E-state index in [0.717, 1.165) is 107 Å². The minimum atomic E-state index is -0.215. The third-order valence-corrected chi connectivity index (χ3v) is 15.5. The third kappa shape index (κ3) is 13.2. The van der Waals surface area contributed by atoms with Crippen LogP contribution >= 0.6 is 0 Å². The molecule has 0 aliphatic carbocycles. The smallest absolute Gasteiger partial charge is 0.264 e. The number of aromatic nitrogens is 4. The highest BCUT2D eigenvalue weighted by Gasteiger charge is 2.29. The van der Waals surface area contributed by atoms with E-state index in [9.17, 15) is 14.4 Å². The number of carbonyl (C=O) groups excluding carboxylic acids is 3. The highest BCUT2D eigenvalue weighted by atomic mass is 16.5. The number of aromatic amines is 1. The maximum atomic E-state index is 14.6. The van der Waals surface area contributed by atoms with Crippen molar-refractivity contribution < 1.29 is 19.1 Å². The number of rotatable bonds is 15. The van der Waals surface area contributed by atoms with Gasteiger partial charge < -0.3 is 40.0 Å². The van der Waals surface area contributed by atoms with Crippen LogP contribution in [0.1, 0.15) is 61.0 Å². The number of nitrogens with one attached hydrogen (secondary N) is 3. The topological polar surface area (TPSA) is 144 Å². The molecule has 0 fully saturated rings. The molecule has 3 N–H and O–H groups in total. The molecule has 14 heteroatoms. The van der Waals surface area contributed by atoms with Gasteiger partial charge in [-0.3, -0.25) is 19.0 Å². The minimum absolute atomic E-state index is 0.120. The maximum absolute atomic E-state index is 14.6. The quantitative estimate of drug-likeness (QED) is 0.0907. The highest BCUT2D eigenvalue weighted by molar-refractivity contribution is 6.06. The van der Waals surface area contributed by atoms with Crippen molar-refractivity contribution in [1.29, 1.82) is 0 Å². The van der Waals surface area contributed by atoms with Crippen LogP contribution < -0.4 is 35.0 Å². The van der Waals surface area contributed by atoms with Crippen LogP contribution in [0.5, 0.6) is 5.75 Å². The van der Waals surface area contributed by atoms with E-state index in [1.54, 1.807) is 11.7 Å². The molecular formula is C73H78N10O4. The first kappa shape index (κ1) is 61.4. The van der Waals surface area contributed by atoms with Crippen molar-refractivity contribution in [1.82, 2.24) is 19.5 Å². The highest BCUT2D eigenvalue weighted by Crippen LogP contribution is 2.43. The molecule has 0 saturated heterocycles. The number of aryl methyl sites for hydroxylation is 6. The molecule has 2 heterocycles. The van der Waals surface area contributed by atoms with Gasteiger partial charge in [-0.05, 0) is 178 Å². The molecule has 0 unspecified atom stereocenters. The Balaban J connectivity index is 0.000000208. The zero-order valence-electron chi connectivity index (χ0n) is 52.9. The number of anilines is 6. The summed E-state index contributed by atoms with van der Waals surface area (Å²) < 4.78 is 7.35. The zero-order valence-corrected chi connectivity index (χ0v) is 52.9. The maximum Gasteiger partial charge on any atom is 0.264 e. The van der Waals surface area contributed by atoms with Gasteiger partial charge in [0.25, 0.3) is 11.8 Å². The van der Waals surface area contributed by atoms with Crippen molar-refractivity contribution >= 4 is 51.8 Å². The van der Waals surface area contributed by atoms with Gasteiger partial charge in [-0.15, -0.1) is 0 Å². The monoisotopic (exact) mass is 1160 g/mol. The number of H-pyrrole nitrogens is 1. The van der Waals surface area contributed by atoms with Crippen molar-refractivity contribution in [3.8, 4) is 73.6 Å². The van der Waals surface area contributed by atoms with Crippen molar-refractivity contribution in [3.05, 3.63) is 208 Å². The van der Waals surface area contributed by atoms with Crippen LogP contribution in [0.2, 0.25) is 0 Å². The molecule has 0 spiro atoms.